The van der Waals surface area contributed by atoms with Gasteiger partial charge in [-0.25, -0.2) is 17.5 Å². The number of hydrogen-bond donors (Lipinski definition) is 2. The summed E-state index contributed by atoms with van der Waals surface area (Å²) >= 11 is 0. The number of ether oxygens (including phenoxy) is 1. The quantitative estimate of drug-likeness (QED) is 0.287. The van der Waals surface area contributed by atoms with E-state index in [1.807, 2.05) is 12.1 Å². The Kier molecular flexibility index (Phi) is 8.52. The fourth-order valence-corrected chi connectivity index (χ4v) is 7.13. The number of hydrogen-bond acceptors (Lipinski definition) is 5. The lowest BCUT2D eigenvalue weighted by molar-refractivity contribution is -0.152. The Morgan fingerprint density at radius 3 is 2.51 bits per heavy atom. The number of halogens is 2. The molecule has 1 heterocycles. The number of sulfonamides is 1. The monoisotopic (exact) mass is 572 g/mol. The van der Waals surface area contributed by atoms with Crippen LogP contribution in [-0.2, 0) is 32.4 Å². The van der Waals surface area contributed by atoms with Crippen LogP contribution < -0.4 is 4.72 Å². The van der Waals surface area contributed by atoms with Crippen LogP contribution in [0.1, 0.15) is 49.4 Å². The number of nitrogens with one attached hydrogen (secondary N) is 1. The normalized spacial score (nSPS) is 20.1. The Morgan fingerprint density at radius 2 is 1.95 bits per heavy atom. The first-order chi connectivity index (χ1) is 16.6. The predicted octanol–water partition coefficient (Wildman–Crippen LogP) is 5.08. The molecule has 1 aromatic carbocycles. The van der Waals surface area contributed by atoms with Crippen molar-refractivity contribution in [2.24, 2.45) is 5.41 Å². The summed E-state index contributed by atoms with van der Waals surface area (Å²) in [5.41, 5.74) is -1.01. The first kappa shape index (κ1) is 30.0. The number of fused-ring (bicyclic) bond motifs is 2. The maximum Gasteiger partial charge on any atom is 0.312 e. The number of benzene rings is 1. The third kappa shape index (κ3) is 6.89. The molecule has 1 saturated carbocycles. The average Bonchev–Trinajstić information content (AvgIpc) is 3.53. The average molecular weight is 573 g/mol. The van der Waals surface area contributed by atoms with Crippen LogP contribution in [0, 0.1) is 5.41 Å². The van der Waals surface area contributed by atoms with E-state index in [0.717, 1.165) is 24.6 Å². The Balaban J connectivity index is 0.00000380. The van der Waals surface area contributed by atoms with Gasteiger partial charge >= 0.3 is 5.97 Å². The van der Waals surface area contributed by atoms with E-state index in [0.29, 0.717) is 34.4 Å². The van der Waals surface area contributed by atoms with Gasteiger partial charge in [0.2, 0.25) is 10.0 Å². The highest BCUT2D eigenvalue weighted by atomic mass is 35.5. The lowest BCUT2D eigenvalue weighted by Crippen LogP contribution is -2.38. The van der Waals surface area contributed by atoms with Crippen LogP contribution in [0.4, 0.5) is 4.39 Å². The van der Waals surface area contributed by atoms with Crippen molar-refractivity contribution in [2.45, 2.75) is 81.7 Å². The molecule has 0 aliphatic heterocycles. The van der Waals surface area contributed by atoms with Gasteiger partial charge in [0.05, 0.1) is 16.9 Å². The molecule has 0 radical (unpaired) electrons. The van der Waals surface area contributed by atoms with Crippen molar-refractivity contribution in [2.75, 3.05) is 19.8 Å². The lowest BCUT2D eigenvalue weighted by atomic mass is 9.86. The minimum Gasteiger partial charge on any atom is -0.481 e. The van der Waals surface area contributed by atoms with E-state index >= 15 is 0 Å². The van der Waals surface area contributed by atoms with Crippen molar-refractivity contribution in [3.63, 3.8) is 0 Å². The van der Waals surface area contributed by atoms with Gasteiger partial charge in [0.1, 0.15) is 5.67 Å². The molecule has 0 spiro atoms. The molecule has 2 N–H and O–H groups in total. The van der Waals surface area contributed by atoms with Crippen LogP contribution in [0.5, 0.6) is 0 Å². The smallest absolute Gasteiger partial charge is 0.312 e. The molecule has 2 aliphatic carbocycles. The van der Waals surface area contributed by atoms with Crippen molar-refractivity contribution in [3.8, 4) is 0 Å². The summed E-state index contributed by atoms with van der Waals surface area (Å²) in [5.74, 6) is -0.692. The van der Waals surface area contributed by atoms with Gasteiger partial charge in [0.25, 0.3) is 0 Å². The van der Waals surface area contributed by atoms with Gasteiger partial charge in [0, 0.05) is 49.8 Å². The number of carboxylic acid groups (broad SMARTS) is 1. The molecule has 7 nitrogen and oxygen atoms in total. The maximum absolute atomic E-state index is 14.3. The van der Waals surface area contributed by atoms with Crippen LogP contribution in [0.15, 0.2) is 23.2 Å². The van der Waals surface area contributed by atoms with Crippen molar-refractivity contribution < 1.29 is 27.4 Å². The second kappa shape index (κ2) is 10.5. The summed E-state index contributed by atoms with van der Waals surface area (Å²) in [4.78, 5) is 17.1. The number of aromatic nitrogens is 1. The molecule has 1 fully saturated rings. The minimum absolute atomic E-state index is 0. The molecule has 37 heavy (non-hydrogen) atoms. The fraction of sp³-hybridized carbons (Fsp3) is 0.615. The summed E-state index contributed by atoms with van der Waals surface area (Å²) < 4.78 is 49.8. The third-order valence-corrected chi connectivity index (χ3v) is 10.2. The van der Waals surface area contributed by atoms with Crippen LogP contribution >= 0.6 is 12.4 Å². The highest BCUT2D eigenvalue weighted by Crippen LogP contribution is 2.45. The molecular weight excluding hydrogens is 535 g/mol. The van der Waals surface area contributed by atoms with Gasteiger partial charge in [-0.2, -0.15) is 0 Å². The summed E-state index contributed by atoms with van der Waals surface area (Å²) in [6.07, 6.45) is 3.90. The summed E-state index contributed by atoms with van der Waals surface area (Å²) in [7, 11) is -5.48. The van der Waals surface area contributed by atoms with E-state index in [4.69, 9.17) is 4.74 Å². The van der Waals surface area contributed by atoms with Crippen molar-refractivity contribution in [1.82, 2.24) is 9.71 Å². The Hall–Kier alpha value is -1.59. The number of carbonyl (C=O) groups is 1. The van der Waals surface area contributed by atoms with E-state index in [-0.39, 0.29) is 43.3 Å². The highest BCUT2D eigenvalue weighted by molar-refractivity contribution is 7.89. The van der Waals surface area contributed by atoms with E-state index in [2.05, 4.69) is 29.3 Å². The number of carboxylic acids is 1. The lowest BCUT2D eigenvalue weighted by Gasteiger charge is -2.25. The first-order valence-electron chi connectivity index (χ1n) is 12.5. The standard InChI is InChI=1S/C26H37FN2O5SSi.ClH/c1-25(2,27)15-29-35(32,33)23-20-11-22(17-6-7-17)28-14-19(20)10-18-12-26(24(30)31,13-21(18)23)16-34-8-9-36(3,4)5;/h10-11,14,17,29H,6-9,12-13,15-16H2,1-5H3,(H,30,31);1H. The zero-order chi connectivity index (χ0) is 26.5. The number of aliphatic carboxylic acids is 1. The maximum atomic E-state index is 14.3. The first-order valence-corrected chi connectivity index (χ1v) is 17.7. The zero-order valence-corrected chi connectivity index (χ0v) is 24.8. The van der Waals surface area contributed by atoms with Crippen molar-refractivity contribution >= 4 is 47.2 Å². The van der Waals surface area contributed by atoms with E-state index in [9.17, 15) is 22.7 Å². The molecule has 4 rings (SSSR count). The summed E-state index contributed by atoms with van der Waals surface area (Å²) in [6.45, 7) is 9.42. The molecule has 1 aromatic heterocycles. The molecule has 0 amide bonds. The number of alkyl halides is 1. The zero-order valence-electron chi connectivity index (χ0n) is 22.2. The van der Waals surface area contributed by atoms with E-state index < -0.39 is 35.2 Å². The number of nitrogens with zero attached hydrogens (tertiary/aromatic N) is 1. The van der Waals surface area contributed by atoms with Crippen LogP contribution in [0.3, 0.4) is 0 Å². The van der Waals surface area contributed by atoms with Crippen LogP contribution in [-0.4, -0.2) is 58.0 Å². The van der Waals surface area contributed by atoms with Gasteiger partial charge < -0.3 is 9.84 Å². The second-order valence-corrected chi connectivity index (χ2v) is 19.6. The summed E-state index contributed by atoms with van der Waals surface area (Å²) in [6, 6.07) is 4.59. The molecule has 206 valence electrons. The van der Waals surface area contributed by atoms with Crippen molar-refractivity contribution in [1.29, 1.82) is 0 Å². The molecule has 2 aliphatic rings. The SMILES string of the molecule is CC(C)(F)CNS(=O)(=O)c1c2c(cc3cnc(C4CC4)cc13)CC(COCC[Si](C)(C)C)(C(=O)O)C2.Cl. The molecule has 1 unspecified atom stereocenters. The fourth-order valence-electron chi connectivity index (χ4n) is 4.70. The highest BCUT2D eigenvalue weighted by Gasteiger charge is 2.47. The number of pyridine rings is 1. The Morgan fingerprint density at radius 1 is 1.27 bits per heavy atom. The molecule has 1 atom stereocenters. The molecule has 0 bridgehead atoms. The van der Waals surface area contributed by atoms with Crippen LogP contribution in [0.2, 0.25) is 25.7 Å². The Labute approximate surface area is 226 Å². The Bertz CT molecular complexity index is 1290. The van der Waals surface area contributed by atoms with Crippen molar-refractivity contribution in [3.05, 3.63) is 35.2 Å². The van der Waals surface area contributed by atoms with Gasteiger partial charge in [-0.1, -0.05) is 19.6 Å². The molecule has 11 heteroatoms. The van der Waals surface area contributed by atoms with E-state index in [1.165, 1.54) is 13.8 Å². The van der Waals surface area contributed by atoms with Gasteiger partial charge in [-0.15, -0.1) is 12.4 Å². The van der Waals surface area contributed by atoms with Gasteiger partial charge in [-0.05, 0) is 68.8 Å². The third-order valence-electron chi connectivity index (χ3n) is 7.01. The molecular formula is C26H38ClFN2O5SSi. The van der Waals surface area contributed by atoms with Gasteiger partial charge in [0.15, 0.2) is 0 Å². The minimum atomic E-state index is -4.13. The van der Waals surface area contributed by atoms with Gasteiger partial charge in [-0.3, -0.25) is 9.78 Å². The number of rotatable bonds is 11. The largest absolute Gasteiger partial charge is 0.481 e. The molecule has 2 aromatic rings. The second-order valence-electron chi connectivity index (χ2n) is 12.3. The van der Waals surface area contributed by atoms with E-state index in [1.54, 1.807) is 6.20 Å². The summed E-state index contributed by atoms with van der Waals surface area (Å²) in [5, 5.41) is 11.4. The molecule has 0 saturated heterocycles. The van der Waals surface area contributed by atoms with Crippen LogP contribution in [0.25, 0.3) is 10.8 Å². The predicted molar refractivity (Wildman–Crippen MR) is 148 cm³/mol. The topological polar surface area (TPSA) is 106 Å².